The number of carbonyl (C=O) groups is 1. The van der Waals surface area contributed by atoms with Crippen LogP contribution in [0.25, 0.3) is 11.1 Å². The number of aryl methyl sites for hydroxylation is 1. The molecule has 0 aliphatic heterocycles. The second-order valence-electron chi connectivity index (χ2n) is 6.51. The summed E-state index contributed by atoms with van der Waals surface area (Å²) in [5.74, 6) is -0.287. The van der Waals surface area contributed by atoms with Gasteiger partial charge >= 0.3 is 0 Å². The van der Waals surface area contributed by atoms with Crippen LogP contribution in [0, 0.1) is 12.7 Å². The van der Waals surface area contributed by atoms with Crippen molar-refractivity contribution in [1.29, 1.82) is 0 Å². The third-order valence-electron chi connectivity index (χ3n) is 4.29. The smallest absolute Gasteiger partial charge is 0.197 e. The van der Waals surface area contributed by atoms with Crippen molar-refractivity contribution >= 4 is 11.5 Å². The van der Waals surface area contributed by atoms with Crippen LogP contribution < -0.4 is 10.1 Å². The number of ether oxygens (including phenoxy) is 1. The average Bonchev–Trinajstić information content (AvgIpc) is 2.70. The maximum absolute atomic E-state index is 14.4. The largest absolute Gasteiger partial charge is 0.482 e. The molecule has 3 aromatic carbocycles. The number of hydrogen-bond donors (Lipinski definition) is 1. The van der Waals surface area contributed by atoms with Gasteiger partial charge in [-0.05, 0) is 43.7 Å². The summed E-state index contributed by atoms with van der Waals surface area (Å²) in [5, 5.41) is 3.04. The van der Waals surface area contributed by atoms with Gasteiger partial charge in [0.05, 0.1) is 0 Å². The van der Waals surface area contributed by atoms with Crippen LogP contribution in [0.15, 0.2) is 85.1 Å². The van der Waals surface area contributed by atoms with Crippen LogP contribution in [0.1, 0.15) is 12.5 Å². The summed E-state index contributed by atoms with van der Waals surface area (Å²) >= 11 is 0. The fraction of sp³-hybridized carbons (Fsp3) is 0.125. The molecule has 1 atom stereocenters. The lowest BCUT2D eigenvalue weighted by molar-refractivity contribution is -0.120. The van der Waals surface area contributed by atoms with E-state index in [2.05, 4.69) is 5.32 Å². The quantitative estimate of drug-likeness (QED) is 0.533. The molecule has 0 fully saturated rings. The zero-order valence-corrected chi connectivity index (χ0v) is 15.9. The number of ketones is 1. The van der Waals surface area contributed by atoms with E-state index in [0.717, 1.165) is 16.8 Å². The van der Waals surface area contributed by atoms with Gasteiger partial charge in [0.25, 0.3) is 0 Å². The maximum atomic E-state index is 14.4. The molecule has 3 nitrogen and oxygen atoms in total. The van der Waals surface area contributed by atoms with E-state index in [1.54, 1.807) is 25.3 Å². The van der Waals surface area contributed by atoms with Crippen LogP contribution in [0.2, 0.25) is 0 Å². The first-order valence-corrected chi connectivity index (χ1v) is 9.08. The SMILES string of the molecule is Cc1ccc(NC=CC(=O)C(C)Oc2ccc(-c3ccccc3)c(F)c2)cc1. The number of benzene rings is 3. The van der Waals surface area contributed by atoms with Crippen LogP contribution in [0.5, 0.6) is 5.75 Å². The molecule has 0 aliphatic rings. The molecular weight excluding hydrogens is 353 g/mol. The van der Waals surface area contributed by atoms with Gasteiger partial charge in [-0.15, -0.1) is 0 Å². The van der Waals surface area contributed by atoms with Crippen LogP contribution in [0.4, 0.5) is 10.1 Å². The fourth-order valence-corrected chi connectivity index (χ4v) is 2.69. The molecule has 0 spiro atoms. The van der Waals surface area contributed by atoms with Crippen molar-refractivity contribution in [3.05, 3.63) is 96.5 Å². The van der Waals surface area contributed by atoms with Gasteiger partial charge in [0.2, 0.25) is 0 Å². The Hall–Kier alpha value is -3.40. The first-order valence-electron chi connectivity index (χ1n) is 9.08. The Balaban J connectivity index is 1.59. The normalized spacial score (nSPS) is 12.0. The molecule has 0 saturated heterocycles. The number of carbonyl (C=O) groups excluding carboxylic acids is 1. The molecule has 1 unspecified atom stereocenters. The Morgan fingerprint density at radius 2 is 1.75 bits per heavy atom. The van der Waals surface area contributed by atoms with E-state index < -0.39 is 6.10 Å². The summed E-state index contributed by atoms with van der Waals surface area (Å²) in [7, 11) is 0. The molecule has 3 rings (SSSR count). The molecule has 0 radical (unpaired) electrons. The number of rotatable bonds is 7. The first kappa shape index (κ1) is 19.4. The molecule has 0 aromatic heterocycles. The molecule has 3 aromatic rings. The van der Waals surface area contributed by atoms with E-state index in [9.17, 15) is 9.18 Å². The number of hydrogen-bond acceptors (Lipinski definition) is 3. The van der Waals surface area contributed by atoms with Gasteiger partial charge in [-0.2, -0.15) is 0 Å². The van der Waals surface area contributed by atoms with Gasteiger partial charge in [0.15, 0.2) is 11.9 Å². The Morgan fingerprint density at radius 3 is 2.43 bits per heavy atom. The number of nitrogens with one attached hydrogen (secondary N) is 1. The second-order valence-corrected chi connectivity index (χ2v) is 6.51. The lowest BCUT2D eigenvalue weighted by Gasteiger charge is -2.13. The van der Waals surface area contributed by atoms with E-state index in [4.69, 9.17) is 4.74 Å². The minimum absolute atomic E-state index is 0.216. The summed E-state index contributed by atoms with van der Waals surface area (Å²) in [6.07, 6.45) is 2.27. The van der Waals surface area contributed by atoms with Crippen molar-refractivity contribution in [3.8, 4) is 16.9 Å². The summed E-state index contributed by atoms with van der Waals surface area (Å²) < 4.78 is 20.0. The van der Waals surface area contributed by atoms with Crippen molar-refractivity contribution < 1.29 is 13.9 Å². The summed E-state index contributed by atoms with van der Waals surface area (Å²) in [6, 6.07) is 21.8. The molecule has 0 amide bonds. The molecular formula is C24H22FNO2. The van der Waals surface area contributed by atoms with E-state index in [1.165, 1.54) is 12.1 Å². The standard InChI is InChI=1S/C24H22FNO2/c1-17-8-10-20(11-9-17)26-15-14-24(27)18(2)28-21-12-13-22(23(25)16-21)19-6-4-3-5-7-19/h3-16,18,26H,1-2H3. The van der Waals surface area contributed by atoms with E-state index in [1.807, 2.05) is 61.5 Å². The average molecular weight is 375 g/mol. The minimum atomic E-state index is -0.724. The monoisotopic (exact) mass is 375 g/mol. The Kier molecular flexibility index (Phi) is 6.22. The van der Waals surface area contributed by atoms with Crippen LogP contribution in [-0.4, -0.2) is 11.9 Å². The highest BCUT2D eigenvalue weighted by molar-refractivity contribution is 5.93. The first-order chi connectivity index (χ1) is 13.5. The Morgan fingerprint density at radius 1 is 1.04 bits per heavy atom. The van der Waals surface area contributed by atoms with Crippen molar-refractivity contribution in [1.82, 2.24) is 0 Å². The predicted molar refractivity (Wildman–Crippen MR) is 111 cm³/mol. The van der Waals surface area contributed by atoms with Crippen molar-refractivity contribution in [2.24, 2.45) is 0 Å². The molecule has 142 valence electrons. The Labute approximate surface area is 164 Å². The predicted octanol–water partition coefficient (Wildman–Crippen LogP) is 5.76. The van der Waals surface area contributed by atoms with E-state index >= 15 is 0 Å². The summed E-state index contributed by atoms with van der Waals surface area (Å²) in [4.78, 5) is 12.2. The number of halogens is 1. The highest BCUT2D eigenvalue weighted by atomic mass is 19.1. The topological polar surface area (TPSA) is 38.3 Å². The number of anilines is 1. The van der Waals surface area contributed by atoms with Crippen LogP contribution in [-0.2, 0) is 4.79 Å². The van der Waals surface area contributed by atoms with Gasteiger partial charge in [-0.3, -0.25) is 4.79 Å². The third-order valence-corrected chi connectivity index (χ3v) is 4.29. The molecule has 0 saturated carbocycles. The zero-order valence-electron chi connectivity index (χ0n) is 15.9. The van der Waals surface area contributed by atoms with Crippen molar-refractivity contribution in [2.45, 2.75) is 20.0 Å². The highest BCUT2D eigenvalue weighted by Crippen LogP contribution is 2.26. The summed E-state index contributed by atoms with van der Waals surface area (Å²) in [5.41, 5.74) is 3.34. The second kappa shape index (κ2) is 9.00. The Bertz CT molecular complexity index is 966. The molecule has 0 bridgehead atoms. The molecule has 1 N–H and O–H groups in total. The maximum Gasteiger partial charge on any atom is 0.197 e. The van der Waals surface area contributed by atoms with E-state index in [0.29, 0.717) is 11.3 Å². The molecule has 28 heavy (non-hydrogen) atoms. The third kappa shape index (κ3) is 5.07. The lowest BCUT2D eigenvalue weighted by Crippen LogP contribution is -2.22. The van der Waals surface area contributed by atoms with E-state index in [-0.39, 0.29) is 11.6 Å². The lowest BCUT2D eigenvalue weighted by atomic mass is 10.1. The van der Waals surface area contributed by atoms with Gasteiger partial charge in [0, 0.05) is 29.6 Å². The molecule has 4 heteroatoms. The minimum Gasteiger partial charge on any atom is -0.482 e. The van der Waals surface area contributed by atoms with Crippen molar-refractivity contribution in [2.75, 3.05) is 5.32 Å². The summed E-state index contributed by atoms with van der Waals surface area (Å²) in [6.45, 7) is 3.65. The van der Waals surface area contributed by atoms with Gasteiger partial charge in [-0.1, -0.05) is 48.0 Å². The van der Waals surface area contributed by atoms with Crippen molar-refractivity contribution in [3.63, 3.8) is 0 Å². The van der Waals surface area contributed by atoms with Crippen LogP contribution in [0.3, 0.4) is 0 Å². The highest BCUT2D eigenvalue weighted by Gasteiger charge is 2.13. The van der Waals surface area contributed by atoms with Gasteiger partial charge in [-0.25, -0.2) is 4.39 Å². The zero-order chi connectivity index (χ0) is 19.9. The van der Waals surface area contributed by atoms with Gasteiger partial charge < -0.3 is 10.1 Å². The van der Waals surface area contributed by atoms with Crippen LogP contribution >= 0.6 is 0 Å². The molecule has 0 aliphatic carbocycles. The fourth-order valence-electron chi connectivity index (χ4n) is 2.69. The molecule has 0 heterocycles. The van der Waals surface area contributed by atoms with Gasteiger partial charge in [0.1, 0.15) is 11.6 Å².